The molecular formula is C25H22F3N5O2. The summed E-state index contributed by atoms with van der Waals surface area (Å²) in [4.78, 5) is 14.3. The molecule has 0 aliphatic heterocycles. The van der Waals surface area contributed by atoms with Crippen LogP contribution in [0.3, 0.4) is 0 Å². The minimum Gasteiger partial charge on any atom is -0.497 e. The maximum atomic E-state index is 12.9. The Hall–Kier alpha value is -4.34. The zero-order valence-electron chi connectivity index (χ0n) is 19.0. The summed E-state index contributed by atoms with van der Waals surface area (Å²) in [6.07, 6.45) is -3.49. The Labute approximate surface area is 200 Å². The number of rotatable bonds is 7. The van der Waals surface area contributed by atoms with E-state index in [-0.39, 0.29) is 5.75 Å². The second kappa shape index (κ2) is 9.88. The second-order valence-corrected chi connectivity index (χ2v) is 7.42. The molecule has 0 saturated heterocycles. The molecule has 0 aliphatic rings. The monoisotopic (exact) mass is 481 g/mol. The molecule has 0 unspecified atom stereocenters. The lowest BCUT2D eigenvalue weighted by atomic mass is 10.1. The van der Waals surface area contributed by atoms with Gasteiger partial charge in [0.2, 0.25) is 5.95 Å². The van der Waals surface area contributed by atoms with E-state index in [1.54, 1.807) is 37.4 Å². The van der Waals surface area contributed by atoms with Crippen molar-refractivity contribution in [2.24, 2.45) is 0 Å². The van der Waals surface area contributed by atoms with E-state index >= 15 is 0 Å². The summed E-state index contributed by atoms with van der Waals surface area (Å²) in [7, 11) is 1.59. The molecule has 0 amide bonds. The van der Waals surface area contributed by atoms with Gasteiger partial charge in [0.1, 0.15) is 28.8 Å². The number of ether oxygens (including phenoxy) is 2. The van der Waals surface area contributed by atoms with Crippen LogP contribution < -0.4 is 20.1 Å². The van der Waals surface area contributed by atoms with Crippen molar-refractivity contribution in [1.29, 1.82) is 0 Å². The average molecular weight is 481 g/mol. The lowest BCUT2D eigenvalue weighted by Crippen LogP contribution is -2.19. The number of anilines is 3. The van der Waals surface area contributed by atoms with Crippen LogP contribution in [0, 0.1) is 0 Å². The molecule has 10 heteroatoms. The Balaban J connectivity index is 1.59. The molecule has 180 valence electrons. The Bertz CT molecular complexity index is 1310. The van der Waals surface area contributed by atoms with Crippen LogP contribution in [0.2, 0.25) is 0 Å². The number of nitrogens with zero attached hydrogens (tertiary/aromatic N) is 4. The molecule has 2 aromatic carbocycles. The van der Waals surface area contributed by atoms with Gasteiger partial charge in [-0.1, -0.05) is 12.1 Å². The van der Waals surface area contributed by atoms with Crippen molar-refractivity contribution in [2.45, 2.75) is 13.1 Å². The van der Waals surface area contributed by atoms with Crippen molar-refractivity contribution in [3.8, 4) is 28.5 Å². The van der Waals surface area contributed by atoms with Gasteiger partial charge in [-0.3, -0.25) is 4.98 Å². The number of aromatic nitrogens is 3. The van der Waals surface area contributed by atoms with Crippen LogP contribution in [0.25, 0.3) is 11.3 Å². The van der Waals surface area contributed by atoms with Crippen LogP contribution >= 0.6 is 0 Å². The molecule has 35 heavy (non-hydrogen) atoms. The number of benzene rings is 2. The van der Waals surface area contributed by atoms with Crippen molar-refractivity contribution >= 4 is 17.5 Å². The summed E-state index contributed by atoms with van der Waals surface area (Å²) in [5.41, 5.74) is 7.29. The van der Waals surface area contributed by atoms with Gasteiger partial charge in [-0.25, -0.2) is 4.98 Å². The summed E-state index contributed by atoms with van der Waals surface area (Å²) in [6.45, 7) is 2.48. The van der Waals surface area contributed by atoms with Gasteiger partial charge < -0.3 is 20.1 Å². The molecule has 7 nitrogen and oxygen atoms in total. The molecule has 0 fully saturated rings. The largest absolute Gasteiger partial charge is 0.497 e. The third-order valence-electron chi connectivity index (χ3n) is 5.06. The third kappa shape index (κ3) is 5.60. The predicted octanol–water partition coefficient (Wildman–Crippen LogP) is 6.10. The highest BCUT2D eigenvalue weighted by Gasteiger charge is 2.32. The fraction of sp³-hybridized carbons (Fsp3) is 0.160. The molecule has 2 heterocycles. The molecule has 4 rings (SSSR count). The van der Waals surface area contributed by atoms with E-state index in [2.05, 4.69) is 15.0 Å². The number of nitrogen functional groups attached to an aromatic ring is 1. The van der Waals surface area contributed by atoms with Gasteiger partial charge in [0.25, 0.3) is 0 Å². The van der Waals surface area contributed by atoms with E-state index in [1.807, 2.05) is 36.1 Å². The zero-order valence-corrected chi connectivity index (χ0v) is 19.0. The first-order valence-corrected chi connectivity index (χ1v) is 10.6. The van der Waals surface area contributed by atoms with Crippen molar-refractivity contribution in [1.82, 2.24) is 15.0 Å². The molecule has 0 radical (unpaired) electrons. The lowest BCUT2D eigenvalue weighted by molar-refractivity contribution is -0.141. The number of pyridine rings is 1. The standard InChI is InChI=1S/C25H22F3N5O2/c1-3-33(24-31-21(15-23(29)32-24)16-5-4-6-19(13-16)34-2)17-7-9-18(10-8-17)35-20-11-12-30-22(14-20)25(26,27)28/h4-15H,3H2,1-2H3,(H2,29,31,32). The van der Waals surface area contributed by atoms with Crippen molar-refractivity contribution in [2.75, 3.05) is 24.3 Å². The van der Waals surface area contributed by atoms with Crippen LogP contribution in [-0.2, 0) is 6.18 Å². The summed E-state index contributed by atoms with van der Waals surface area (Å²) >= 11 is 0. The lowest BCUT2D eigenvalue weighted by Gasteiger charge is -2.22. The van der Waals surface area contributed by atoms with E-state index in [9.17, 15) is 13.2 Å². The van der Waals surface area contributed by atoms with Gasteiger partial charge in [-0.05, 0) is 49.4 Å². The van der Waals surface area contributed by atoms with E-state index < -0.39 is 11.9 Å². The zero-order chi connectivity index (χ0) is 25.0. The Morgan fingerprint density at radius 2 is 1.69 bits per heavy atom. The molecule has 4 aromatic rings. The SMILES string of the molecule is CCN(c1ccc(Oc2ccnc(C(F)(F)F)c2)cc1)c1nc(N)cc(-c2cccc(OC)c2)n1. The van der Waals surface area contributed by atoms with Crippen LogP contribution in [0.15, 0.2) is 72.9 Å². The maximum Gasteiger partial charge on any atom is 0.433 e. The highest BCUT2D eigenvalue weighted by Crippen LogP contribution is 2.33. The molecule has 0 atom stereocenters. The Morgan fingerprint density at radius 3 is 2.37 bits per heavy atom. The van der Waals surface area contributed by atoms with Crippen LogP contribution in [0.4, 0.5) is 30.6 Å². The second-order valence-electron chi connectivity index (χ2n) is 7.42. The first-order chi connectivity index (χ1) is 16.8. The first-order valence-electron chi connectivity index (χ1n) is 10.6. The van der Waals surface area contributed by atoms with Gasteiger partial charge in [0, 0.05) is 36.1 Å². The van der Waals surface area contributed by atoms with Gasteiger partial charge in [0.15, 0.2) is 0 Å². The molecule has 0 saturated carbocycles. The molecule has 2 N–H and O–H groups in total. The number of hydrogen-bond donors (Lipinski definition) is 1. The van der Waals surface area contributed by atoms with E-state index in [0.717, 1.165) is 23.5 Å². The molecule has 0 bridgehead atoms. The van der Waals surface area contributed by atoms with Crippen molar-refractivity contribution in [3.05, 3.63) is 78.6 Å². The minimum atomic E-state index is -4.55. The van der Waals surface area contributed by atoms with Gasteiger partial charge in [-0.15, -0.1) is 0 Å². The normalized spacial score (nSPS) is 11.2. The van der Waals surface area contributed by atoms with Gasteiger partial charge in [-0.2, -0.15) is 18.2 Å². The quantitative estimate of drug-likeness (QED) is 0.341. The molecule has 0 spiro atoms. The summed E-state index contributed by atoms with van der Waals surface area (Å²) in [5, 5.41) is 0. The number of nitrogens with two attached hydrogens (primary N) is 1. The summed E-state index contributed by atoms with van der Waals surface area (Å²) in [6, 6.07) is 18.2. The minimum absolute atomic E-state index is 0.0366. The smallest absolute Gasteiger partial charge is 0.433 e. The fourth-order valence-electron chi connectivity index (χ4n) is 3.40. The molecule has 2 aromatic heterocycles. The fourth-order valence-corrected chi connectivity index (χ4v) is 3.40. The molecule has 0 aliphatic carbocycles. The Kier molecular flexibility index (Phi) is 6.72. The predicted molar refractivity (Wildman–Crippen MR) is 127 cm³/mol. The van der Waals surface area contributed by atoms with Crippen LogP contribution in [0.1, 0.15) is 12.6 Å². The third-order valence-corrected chi connectivity index (χ3v) is 5.06. The summed E-state index contributed by atoms with van der Waals surface area (Å²) in [5.74, 6) is 1.82. The van der Waals surface area contributed by atoms with Crippen molar-refractivity contribution in [3.63, 3.8) is 0 Å². The topological polar surface area (TPSA) is 86.4 Å². The first kappa shape index (κ1) is 23.8. The highest BCUT2D eigenvalue weighted by atomic mass is 19.4. The van der Waals surface area contributed by atoms with Crippen LogP contribution in [0.5, 0.6) is 17.2 Å². The summed E-state index contributed by atoms with van der Waals surface area (Å²) < 4.78 is 49.6. The van der Waals surface area contributed by atoms with Gasteiger partial charge in [0.05, 0.1) is 12.8 Å². The van der Waals surface area contributed by atoms with Crippen molar-refractivity contribution < 1.29 is 22.6 Å². The highest BCUT2D eigenvalue weighted by molar-refractivity contribution is 5.67. The number of halogens is 3. The number of hydrogen-bond acceptors (Lipinski definition) is 7. The Morgan fingerprint density at radius 1 is 0.914 bits per heavy atom. The molecular weight excluding hydrogens is 459 g/mol. The number of methoxy groups -OCH3 is 1. The number of alkyl halides is 3. The van der Waals surface area contributed by atoms with E-state index in [1.165, 1.54) is 6.07 Å². The maximum absolute atomic E-state index is 12.9. The van der Waals surface area contributed by atoms with E-state index in [0.29, 0.717) is 35.5 Å². The van der Waals surface area contributed by atoms with Gasteiger partial charge >= 0.3 is 6.18 Å². The average Bonchev–Trinajstić information content (AvgIpc) is 2.85. The van der Waals surface area contributed by atoms with Crippen LogP contribution in [-0.4, -0.2) is 28.6 Å². The van der Waals surface area contributed by atoms with E-state index in [4.69, 9.17) is 15.2 Å².